The van der Waals surface area contributed by atoms with Gasteiger partial charge in [0.2, 0.25) is 0 Å². The van der Waals surface area contributed by atoms with E-state index in [2.05, 4.69) is 0 Å². The monoisotopic (exact) mass is 397 g/mol. The maximum Gasteiger partial charge on any atom is 0.295 e. The Hall–Kier alpha value is -3.02. The number of hydrogen-bond donors (Lipinski definition) is 1. The van der Waals surface area contributed by atoms with Crippen LogP contribution in [0.3, 0.4) is 0 Å². The zero-order chi connectivity index (χ0) is 21.0. The van der Waals surface area contributed by atoms with Crippen LogP contribution in [0.2, 0.25) is 0 Å². The van der Waals surface area contributed by atoms with Crippen molar-refractivity contribution in [2.45, 2.75) is 46.1 Å². The molecule has 6 heteroatoms. The summed E-state index contributed by atoms with van der Waals surface area (Å²) in [5, 5.41) is 11.0. The SMILES string of the molecule is CCCCN1C(=O)C(=O)/C(=C(\O)c2ccc(OCCC)cc2)C1c1ccc(C)o1. The van der Waals surface area contributed by atoms with Crippen molar-refractivity contribution in [3.8, 4) is 5.75 Å². The van der Waals surface area contributed by atoms with Gasteiger partial charge in [-0.1, -0.05) is 20.3 Å². The summed E-state index contributed by atoms with van der Waals surface area (Å²) >= 11 is 0. The molecule has 3 rings (SSSR count). The molecule has 1 fully saturated rings. The number of Topliss-reactive ketones (excluding diaryl/α,β-unsaturated/α-hetero) is 1. The Balaban J connectivity index is 2.03. The highest BCUT2D eigenvalue weighted by atomic mass is 16.5. The maximum absolute atomic E-state index is 12.8. The molecule has 2 heterocycles. The van der Waals surface area contributed by atoms with Gasteiger partial charge in [-0.25, -0.2) is 0 Å². The number of amides is 1. The molecule has 154 valence electrons. The number of rotatable bonds is 8. The van der Waals surface area contributed by atoms with E-state index in [9.17, 15) is 14.7 Å². The van der Waals surface area contributed by atoms with E-state index in [1.54, 1.807) is 43.3 Å². The molecule has 1 aromatic carbocycles. The van der Waals surface area contributed by atoms with E-state index in [0.29, 0.717) is 36.0 Å². The first-order valence-corrected chi connectivity index (χ1v) is 10.1. The molecule has 2 aromatic rings. The van der Waals surface area contributed by atoms with Crippen LogP contribution in [0.25, 0.3) is 5.76 Å². The molecule has 0 aliphatic carbocycles. The number of nitrogens with zero attached hydrogens (tertiary/aromatic N) is 1. The molecule has 0 spiro atoms. The van der Waals surface area contributed by atoms with Crippen LogP contribution in [0.1, 0.15) is 56.2 Å². The molecular weight excluding hydrogens is 370 g/mol. The lowest BCUT2D eigenvalue weighted by Crippen LogP contribution is -2.30. The molecule has 1 saturated heterocycles. The van der Waals surface area contributed by atoms with Gasteiger partial charge in [-0.3, -0.25) is 9.59 Å². The van der Waals surface area contributed by atoms with E-state index in [4.69, 9.17) is 9.15 Å². The summed E-state index contributed by atoms with van der Waals surface area (Å²) in [6.07, 6.45) is 2.53. The summed E-state index contributed by atoms with van der Waals surface area (Å²) in [6.45, 7) is 6.87. The van der Waals surface area contributed by atoms with Gasteiger partial charge in [0.1, 0.15) is 29.1 Å². The Morgan fingerprint density at radius 2 is 1.83 bits per heavy atom. The Kier molecular flexibility index (Phi) is 6.42. The number of aliphatic hydroxyl groups is 1. The topological polar surface area (TPSA) is 80.0 Å². The average Bonchev–Trinajstić information content (AvgIpc) is 3.26. The Morgan fingerprint density at radius 3 is 2.41 bits per heavy atom. The van der Waals surface area contributed by atoms with Crippen LogP contribution in [0.4, 0.5) is 0 Å². The number of likely N-dealkylation sites (tertiary alicyclic amines) is 1. The molecule has 1 atom stereocenters. The second-order valence-corrected chi connectivity index (χ2v) is 7.17. The molecular formula is C23H27NO5. The highest BCUT2D eigenvalue weighted by molar-refractivity contribution is 6.46. The Bertz CT molecular complexity index is 910. The van der Waals surface area contributed by atoms with Gasteiger partial charge in [-0.2, -0.15) is 0 Å². The summed E-state index contributed by atoms with van der Waals surface area (Å²) in [6, 6.07) is 9.66. The predicted molar refractivity (Wildman–Crippen MR) is 110 cm³/mol. The van der Waals surface area contributed by atoms with Gasteiger partial charge < -0.3 is 19.2 Å². The minimum Gasteiger partial charge on any atom is -0.507 e. The fraction of sp³-hybridized carbons (Fsp3) is 0.391. The van der Waals surface area contributed by atoms with Gasteiger partial charge in [-0.05, 0) is 56.2 Å². The number of aliphatic hydroxyl groups excluding tert-OH is 1. The standard InChI is InChI=1S/C23H27NO5/c1-4-6-13-24-20(18-12-7-15(3)29-18)19(22(26)23(24)27)21(25)16-8-10-17(11-9-16)28-14-5-2/h7-12,20,25H,4-6,13-14H2,1-3H3/b21-19-. The van der Waals surface area contributed by atoms with Gasteiger partial charge >= 0.3 is 0 Å². The third-order valence-electron chi connectivity index (χ3n) is 4.92. The van der Waals surface area contributed by atoms with E-state index < -0.39 is 17.7 Å². The van der Waals surface area contributed by atoms with Crippen molar-refractivity contribution in [1.29, 1.82) is 0 Å². The molecule has 29 heavy (non-hydrogen) atoms. The molecule has 1 unspecified atom stereocenters. The maximum atomic E-state index is 12.8. The molecule has 0 radical (unpaired) electrons. The van der Waals surface area contributed by atoms with Crippen molar-refractivity contribution in [3.63, 3.8) is 0 Å². The first-order valence-electron chi connectivity index (χ1n) is 10.1. The highest BCUT2D eigenvalue weighted by Crippen LogP contribution is 2.40. The van der Waals surface area contributed by atoms with Crippen molar-refractivity contribution in [2.75, 3.05) is 13.2 Å². The second-order valence-electron chi connectivity index (χ2n) is 7.17. The third kappa shape index (κ3) is 4.21. The number of benzene rings is 1. The molecule has 1 aromatic heterocycles. The number of ketones is 1. The predicted octanol–water partition coefficient (Wildman–Crippen LogP) is 4.60. The minimum atomic E-state index is -0.730. The summed E-state index contributed by atoms with van der Waals surface area (Å²) in [4.78, 5) is 27.0. The Labute approximate surface area is 170 Å². The number of furan rings is 1. The largest absolute Gasteiger partial charge is 0.507 e. The first-order chi connectivity index (χ1) is 14.0. The van der Waals surface area contributed by atoms with E-state index in [1.807, 2.05) is 13.8 Å². The fourth-order valence-electron chi connectivity index (χ4n) is 3.42. The second kappa shape index (κ2) is 8.99. The molecule has 1 aliphatic heterocycles. The van der Waals surface area contributed by atoms with Gasteiger partial charge in [0.25, 0.3) is 11.7 Å². The zero-order valence-corrected chi connectivity index (χ0v) is 17.1. The van der Waals surface area contributed by atoms with E-state index in [0.717, 1.165) is 19.3 Å². The van der Waals surface area contributed by atoms with Crippen molar-refractivity contribution >= 4 is 17.4 Å². The van der Waals surface area contributed by atoms with Crippen LogP contribution >= 0.6 is 0 Å². The summed E-state index contributed by atoms with van der Waals surface area (Å²) in [7, 11) is 0. The molecule has 6 nitrogen and oxygen atoms in total. The van der Waals surface area contributed by atoms with Crippen molar-refractivity contribution in [2.24, 2.45) is 0 Å². The lowest BCUT2D eigenvalue weighted by molar-refractivity contribution is -0.140. The van der Waals surface area contributed by atoms with Crippen LogP contribution < -0.4 is 4.74 Å². The van der Waals surface area contributed by atoms with Crippen LogP contribution in [0, 0.1) is 6.92 Å². The zero-order valence-electron chi connectivity index (χ0n) is 17.1. The molecule has 1 aliphatic rings. The van der Waals surface area contributed by atoms with Crippen LogP contribution in [-0.2, 0) is 9.59 Å². The number of aryl methyl sites for hydroxylation is 1. The third-order valence-corrected chi connectivity index (χ3v) is 4.92. The van der Waals surface area contributed by atoms with E-state index in [-0.39, 0.29) is 11.3 Å². The van der Waals surface area contributed by atoms with Gasteiger partial charge in [0.15, 0.2) is 0 Å². The quantitative estimate of drug-likeness (QED) is 0.400. The number of carbonyl (C=O) groups excluding carboxylic acids is 2. The number of ether oxygens (including phenoxy) is 1. The molecule has 0 bridgehead atoms. The molecule has 1 amide bonds. The van der Waals surface area contributed by atoms with Crippen molar-refractivity contribution in [1.82, 2.24) is 4.90 Å². The smallest absolute Gasteiger partial charge is 0.295 e. The van der Waals surface area contributed by atoms with E-state index in [1.165, 1.54) is 4.90 Å². The van der Waals surface area contributed by atoms with Gasteiger partial charge in [-0.15, -0.1) is 0 Å². The average molecular weight is 397 g/mol. The lowest BCUT2D eigenvalue weighted by atomic mass is 9.99. The fourth-order valence-corrected chi connectivity index (χ4v) is 3.42. The van der Waals surface area contributed by atoms with Crippen LogP contribution in [0.5, 0.6) is 5.75 Å². The first kappa shape index (κ1) is 20.7. The summed E-state index contributed by atoms with van der Waals surface area (Å²) in [5.74, 6) is 0.333. The van der Waals surface area contributed by atoms with Gasteiger partial charge in [0, 0.05) is 12.1 Å². The molecule has 0 saturated carbocycles. The summed E-state index contributed by atoms with van der Waals surface area (Å²) in [5.41, 5.74) is 0.512. The summed E-state index contributed by atoms with van der Waals surface area (Å²) < 4.78 is 11.3. The number of unbranched alkanes of at least 4 members (excludes halogenated alkanes) is 1. The normalized spacial score (nSPS) is 18.4. The van der Waals surface area contributed by atoms with E-state index >= 15 is 0 Å². The van der Waals surface area contributed by atoms with Gasteiger partial charge in [0.05, 0.1) is 12.2 Å². The number of carbonyl (C=O) groups is 2. The van der Waals surface area contributed by atoms with Crippen molar-refractivity contribution < 1.29 is 23.8 Å². The molecule has 1 N–H and O–H groups in total. The lowest BCUT2D eigenvalue weighted by Gasteiger charge is -2.23. The Morgan fingerprint density at radius 1 is 1.10 bits per heavy atom. The van der Waals surface area contributed by atoms with Crippen molar-refractivity contribution in [3.05, 3.63) is 59.1 Å². The van der Waals surface area contributed by atoms with Crippen LogP contribution in [0.15, 0.2) is 46.4 Å². The number of hydrogen-bond acceptors (Lipinski definition) is 5. The van der Waals surface area contributed by atoms with Crippen LogP contribution in [-0.4, -0.2) is 34.8 Å². The highest BCUT2D eigenvalue weighted by Gasteiger charge is 2.47. The minimum absolute atomic E-state index is 0.0580.